The molecule has 2 aromatic rings. The number of nitrogens with zero attached hydrogens (tertiary/aromatic N) is 3. The first-order valence-electron chi connectivity index (χ1n) is 5.82. The number of halogens is 1. The van der Waals surface area contributed by atoms with E-state index < -0.39 is 0 Å². The Kier molecular flexibility index (Phi) is 4.20. The zero-order chi connectivity index (χ0) is 12.8. The number of nitrogens with two attached hydrogens (primary N) is 1. The van der Waals surface area contributed by atoms with E-state index in [4.69, 9.17) is 5.73 Å². The second-order valence-corrected chi connectivity index (χ2v) is 3.85. The van der Waals surface area contributed by atoms with Crippen molar-refractivity contribution in [2.45, 2.75) is 6.42 Å². The predicted molar refractivity (Wildman–Crippen MR) is 69.1 cm³/mol. The molecule has 5 heteroatoms. The van der Waals surface area contributed by atoms with Crippen LogP contribution in [0.25, 0.3) is 0 Å². The molecule has 0 aliphatic carbocycles. The van der Waals surface area contributed by atoms with Crippen molar-refractivity contribution in [2.75, 3.05) is 18.0 Å². The molecule has 1 heterocycles. The lowest BCUT2D eigenvalue weighted by molar-refractivity contribution is 0.627. The molecule has 0 aliphatic heterocycles. The van der Waals surface area contributed by atoms with Crippen LogP contribution in [0.15, 0.2) is 42.6 Å². The Morgan fingerprint density at radius 3 is 2.56 bits per heavy atom. The zero-order valence-corrected chi connectivity index (χ0v) is 9.96. The molecule has 4 nitrogen and oxygen atoms in total. The molecule has 0 fully saturated rings. The van der Waals surface area contributed by atoms with Gasteiger partial charge in [0.1, 0.15) is 5.82 Å². The first-order valence-corrected chi connectivity index (χ1v) is 5.82. The highest BCUT2D eigenvalue weighted by atomic mass is 19.1. The fourth-order valence-corrected chi connectivity index (χ4v) is 1.68. The van der Waals surface area contributed by atoms with Crippen LogP contribution in [0, 0.1) is 5.82 Å². The molecule has 0 bridgehead atoms. The van der Waals surface area contributed by atoms with Crippen LogP contribution in [0.4, 0.5) is 15.9 Å². The maximum Gasteiger partial charge on any atom is 0.155 e. The van der Waals surface area contributed by atoms with E-state index in [1.165, 1.54) is 12.1 Å². The molecule has 0 unspecified atom stereocenters. The van der Waals surface area contributed by atoms with Crippen LogP contribution in [0.1, 0.15) is 6.42 Å². The molecule has 0 saturated carbocycles. The molecular formula is C13H15FN4. The topological polar surface area (TPSA) is 55.0 Å². The third-order valence-corrected chi connectivity index (χ3v) is 2.56. The molecule has 1 aromatic carbocycles. The van der Waals surface area contributed by atoms with Gasteiger partial charge in [-0.3, -0.25) is 0 Å². The van der Waals surface area contributed by atoms with E-state index in [0.717, 1.165) is 24.5 Å². The summed E-state index contributed by atoms with van der Waals surface area (Å²) in [5.41, 5.74) is 6.41. The minimum atomic E-state index is -0.253. The molecule has 0 atom stereocenters. The van der Waals surface area contributed by atoms with Gasteiger partial charge >= 0.3 is 0 Å². The lowest BCUT2D eigenvalue weighted by Crippen LogP contribution is -2.22. The van der Waals surface area contributed by atoms with Gasteiger partial charge in [-0.2, -0.15) is 5.10 Å². The van der Waals surface area contributed by atoms with Crippen LogP contribution in [-0.4, -0.2) is 23.3 Å². The summed E-state index contributed by atoms with van der Waals surface area (Å²) in [5.74, 6) is 0.481. The van der Waals surface area contributed by atoms with Gasteiger partial charge in [-0.25, -0.2) is 4.39 Å². The van der Waals surface area contributed by atoms with E-state index in [1.807, 2.05) is 17.0 Å². The van der Waals surface area contributed by atoms with Gasteiger partial charge < -0.3 is 10.6 Å². The van der Waals surface area contributed by atoms with Crippen LogP contribution >= 0.6 is 0 Å². The van der Waals surface area contributed by atoms with E-state index in [0.29, 0.717) is 6.54 Å². The van der Waals surface area contributed by atoms with Crippen molar-refractivity contribution in [3.05, 3.63) is 48.4 Å². The highest BCUT2D eigenvalue weighted by molar-refractivity contribution is 5.59. The average molecular weight is 246 g/mol. The van der Waals surface area contributed by atoms with Crippen LogP contribution in [0.3, 0.4) is 0 Å². The predicted octanol–water partition coefficient (Wildman–Crippen LogP) is 2.10. The summed E-state index contributed by atoms with van der Waals surface area (Å²) in [6.07, 6.45) is 2.45. The standard InChI is InChI=1S/C13H15FN4/c14-11-4-6-12(7-5-11)18(10-2-8-15)13-3-1-9-16-17-13/h1,3-7,9H,2,8,10,15H2. The van der Waals surface area contributed by atoms with Gasteiger partial charge in [-0.15, -0.1) is 5.10 Å². The Morgan fingerprint density at radius 1 is 1.17 bits per heavy atom. The SMILES string of the molecule is NCCCN(c1ccc(F)cc1)c1cccnn1. The average Bonchev–Trinajstić information content (AvgIpc) is 2.42. The normalized spacial score (nSPS) is 10.3. The van der Waals surface area contributed by atoms with Crippen molar-refractivity contribution in [3.63, 3.8) is 0 Å². The first-order chi connectivity index (χ1) is 8.81. The Balaban J connectivity index is 2.27. The maximum atomic E-state index is 12.9. The molecule has 1 aromatic heterocycles. The first kappa shape index (κ1) is 12.4. The van der Waals surface area contributed by atoms with Crippen molar-refractivity contribution in [1.29, 1.82) is 0 Å². The van der Waals surface area contributed by atoms with Gasteiger partial charge in [-0.05, 0) is 49.4 Å². The van der Waals surface area contributed by atoms with Gasteiger partial charge in [0.15, 0.2) is 5.82 Å². The minimum Gasteiger partial charge on any atom is -0.330 e. The monoisotopic (exact) mass is 246 g/mol. The summed E-state index contributed by atoms with van der Waals surface area (Å²) in [5, 5.41) is 7.93. The number of aromatic nitrogens is 2. The fourth-order valence-electron chi connectivity index (χ4n) is 1.68. The summed E-state index contributed by atoms with van der Waals surface area (Å²) >= 11 is 0. The van der Waals surface area contributed by atoms with E-state index in [2.05, 4.69) is 10.2 Å². The van der Waals surface area contributed by atoms with E-state index in [-0.39, 0.29) is 5.82 Å². The van der Waals surface area contributed by atoms with E-state index >= 15 is 0 Å². The quantitative estimate of drug-likeness (QED) is 0.877. The lowest BCUT2D eigenvalue weighted by Gasteiger charge is -2.22. The van der Waals surface area contributed by atoms with Crippen molar-refractivity contribution in [1.82, 2.24) is 10.2 Å². The number of benzene rings is 1. The summed E-state index contributed by atoms with van der Waals surface area (Å²) < 4.78 is 12.9. The molecule has 0 aliphatic rings. The van der Waals surface area contributed by atoms with E-state index in [1.54, 1.807) is 18.3 Å². The number of anilines is 2. The van der Waals surface area contributed by atoms with Crippen LogP contribution in [0.2, 0.25) is 0 Å². The van der Waals surface area contributed by atoms with Gasteiger partial charge in [0.05, 0.1) is 0 Å². The van der Waals surface area contributed by atoms with Crippen molar-refractivity contribution in [2.24, 2.45) is 5.73 Å². The Morgan fingerprint density at radius 2 is 1.94 bits per heavy atom. The van der Waals surface area contributed by atoms with Crippen LogP contribution < -0.4 is 10.6 Å². The van der Waals surface area contributed by atoms with Crippen LogP contribution in [-0.2, 0) is 0 Å². The van der Waals surface area contributed by atoms with Gasteiger partial charge in [0, 0.05) is 18.4 Å². The summed E-state index contributed by atoms with van der Waals surface area (Å²) in [7, 11) is 0. The summed E-state index contributed by atoms with van der Waals surface area (Å²) in [6, 6.07) is 10.00. The highest BCUT2D eigenvalue weighted by Crippen LogP contribution is 2.23. The number of hydrogen-bond donors (Lipinski definition) is 1. The van der Waals surface area contributed by atoms with Gasteiger partial charge in [0.25, 0.3) is 0 Å². The molecule has 0 spiro atoms. The molecule has 2 N–H and O–H groups in total. The zero-order valence-electron chi connectivity index (χ0n) is 9.96. The smallest absolute Gasteiger partial charge is 0.155 e. The molecule has 2 rings (SSSR count). The third kappa shape index (κ3) is 3.01. The third-order valence-electron chi connectivity index (χ3n) is 2.56. The Hall–Kier alpha value is -2.01. The van der Waals surface area contributed by atoms with E-state index in [9.17, 15) is 4.39 Å². The second kappa shape index (κ2) is 6.07. The maximum absolute atomic E-state index is 12.9. The molecule has 94 valence electrons. The summed E-state index contributed by atoms with van der Waals surface area (Å²) in [6.45, 7) is 1.32. The Labute approximate surface area is 105 Å². The molecule has 0 radical (unpaired) electrons. The molecule has 18 heavy (non-hydrogen) atoms. The molecule has 0 saturated heterocycles. The van der Waals surface area contributed by atoms with Crippen LogP contribution in [0.5, 0.6) is 0 Å². The largest absolute Gasteiger partial charge is 0.330 e. The van der Waals surface area contributed by atoms with Gasteiger partial charge in [-0.1, -0.05) is 0 Å². The fraction of sp³-hybridized carbons (Fsp3) is 0.231. The minimum absolute atomic E-state index is 0.253. The summed E-state index contributed by atoms with van der Waals surface area (Å²) in [4.78, 5) is 1.97. The Bertz CT molecular complexity index is 472. The molecular weight excluding hydrogens is 231 g/mol. The van der Waals surface area contributed by atoms with Crippen molar-refractivity contribution < 1.29 is 4.39 Å². The lowest BCUT2D eigenvalue weighted by atomic mass is 10.2. The number of rotatable bonds is 5. The molecule has 0 amide bonds. The van der Waals surface area contributed by atoms with Gasteiger partial charge in [0.2, 0.25) is 0 Å². The second-order valence-electron chi connectivity index (χ2n) is 3.85. The highest BCUT2D eigenvalue weighted by Gasteiger charge is 2.10. The number of hydrogen-bond acceptors (Lipinski definition) is 4. The van der Waals surface area contributed by atoms with Crippen molar-refractivity contribution >= 4 is 11.5 Å². The van der Waals surface area contributed by atoms with Crippen molar-refractivity contribution in [3.8, 4) is 0 Å².